The summed E-state index contributed by atoms with van der Waals surface area (Å²) in [6.45, 7) is 4.44. The fraction of sp³-hybridized carbons (Fsp3) is 1.00. The molecule has 0 fully saturated rings. The van der Waals surface area contributed by atoms with Crippen molar-refractivity contribution in [3.63, 3.8) is 0 Å². The normalized spacial score (nSPS) is 15.6. The Morgan fingerprint density at radius 2 is 1.54 bits per heavy atom. The van der Waals surface area contributed by atoms with Crippen LogP contribution in [0.2, 0.25) is 0 Å². The summed E-state index contributed by atoms with van der Waals surface area (Å²) >= 11 is 0. The molecule has 13 heavy (non-hydrogen) atoms. The zero-order chi connectivity index (χ0) is 10.2. The van der Waals surface area contributed by atoms with Crippen molar-refractivity contribution >= 4 is 7.85 Å². The molecule has 0 rings (SSSR count). The Hall–Kier alpha value is 0.0249. The van der Waals surface area contributed by atoms with Crippen LogP contribution >= 0.6 is 0 Å². The predicted octanol–water partition coefficient (Wildman–Crippen LogP) is 2.44. The second-order valence-electron chi connectivity index (χ2n) is 4.53. The highest BCUT2D eigenvalue weighted by molar-refractivity contribution is 6.15. The van der Waals surface area contributed by atoms with Gasteiger partial charge in [0.05, 0.1) is 0 Å². The molecule has 1 unspecified atom stereocenters. The molecule has 0 aliphatic carbocycles. The van der Waals surface area contributed by atoms with Crippen LogP contribution in [0.3, 0.4) is 0 Å². The topological polar surface area (TPSA) is 26.0 Å². The molecule has 2 N–H and O–H groups in total. The molecule has 0 heterocycles. The molecule has 0 radical (unpaired) electrons. The van der Waals surface area contributed by atoms with E-state index in [2.05, 4.69) is 21.7 Å². The fourth-order valence-corrected chi connectivity index (χ4v) is 1.49. The van der Waals surface area contributed by atoms with Crippen LogP contribution in [-0.4, -0.2) is 13.3 Å². The summed E-state index contributed by atoms with van der Waals surface area (Å²) in [7, 11) is 2.17. The van der Waals surface area contributed by atoms with Gasteiger partial charge in [-0.25, -0.2) is 0 Å². The van der Waals surface area contributed by atoms with E-state index in [1.54, 1.807) is 0 Å². The van der Waals surface area contributed by atoms with Gasteiger partial charge in [0, 0.05) is 0 Å². The molecule has 0 saturated carbocycles. The van der Waals surface area contributed by atoms with Gasteiger partial charge in [0.15, 0.2) is 0 Å². The Balaban J connectivity index is 3.16. The summed E-state index contributed by atoms with van der Waals surface area (Å²) in [4.78, 5) is 0. The molecule has 0 saturated heterocycles. The third kappa shape index (κ3) is 8.36. The SMILES string of the molecule is BC(N)(CC)CCCCCCCC. The molecule has 0 aromatic rings. The Morgan fingerprint density at radius 3 is 2.08 bits per heavy atom. The van der Waals surface area contributed by atoms with E-state index >= 15 is 0 Å². The first-order chi connectivity index (χ1) is 6.12. The summed E-state index contributed by atoms with van der Waals surface area (Å²) in [5.41, 5.74) is 6.14. The van der Waals surface area contributed by atoms with Crippen molar-refractivity contribution in [2.24, 2.45) is 5.73 Å². The van der Waals surface area contributed by atoms with E-state index in [0.717, 1.165) is 6.42 Å². The minimum Gasteiger partial charge on any atom is -0.332 e. The lowest BCUT2D eigenvalue weighted by molar-refractivity contribution is 0.483. The standard InChI is InChI=1S/C11H26BN/c1-3-5-6-7-8-9-10-11(12,13)4-2/h3-10,12-13H2,1-2H3. The number of unbranched alkanes of at least 4 members (excludes halogenated alkanes) is 5. The van der Waals surface area contributed by atoms with Crippen molar-refractivity contribution in [1.29, 1.82) is 0 Å². The minimum absolute atomic E-state index is 0.0881. The summed E-state index contributed by atoms with van der Waals surface area (Å²) in [5, 5.41) is 0. The van der Waals surface area contributed by atoms with E-state index in [1.807, 2.05) is 0 Å². The summed E-state index contributed by atoms with van der Waals surface area (Å²) in [5.74, 6) is 0. The largest absolute Gasteiger partial charge is 0.332 e. The van der Waals surface area contributed by atoms with Gasteiger partial charge in [-0.2, -0.15) is 0 Å². The lowest BCUT2D eigenvalue weighted by Crippen LogP contribution is -2.39. The lowest BCUT2D eigenvalue weighted by Gasteiger charge is -2.22. The highest BCUT2D eigenvalue weighted by atomic mass is 14.7. The number of hydrogen-bond donors (Lipinski definition) is 1. The van der Waals surface area contributed by atoms with Crippen molar-refractivity contribution < 1.29 is 0 Å². The molecule has 2 heteroatoms. The first-order valence-corrected chi connectivity index (χ1v) is 5.91. The van der Waals surface area contributed by atoms with E-state index in [0.29, 0.717) is 0 Å². The van der Waals surface area contributed by atoms with Crippen molar-refractivity contribution in [3.8, 4) is 0 Å². The molecule has 0 aromatic carbocycles. The summed E-state index contributed by atoms with van der Waals surface area (Å²) in [6, 6.07) is 0. The number of rotatable bonds is 8. The van der Waals surface area contributed by atoms with Gasteiger partial charge in [-0.15, -0.1) is 0 Å². The first kappa shape index (κ1) is 13.0. The fourth-order valence-electron chi connectivity index (χ4n) is 1.49. The minimum atomic E-state index is 0.0881. The maximum atomic E-state index is 6.06. The zero-order valence-electron chi connectivity index (χ0n) is 9.73. The van der Waals surface area contributed by atoms with Crippen LogP contribution in [0.15, 0.2) is 0 Å². The van der Waals surface area contributed by atoms with Crippen LogP contribution < -0.4 is 5.73 Å². The third-order valence-corrected chi connectivity index (χ3v) is 2.91. The molecular weight excluding hydrogens is 157 g/mol. The van der Waals surface area contributed by atoms with Crippen LogP contribution in [0.25, 0.3) is 0 Å². The summed E-state index contributed by atoms with van der Waals surface area (Å²) in [6.07, 6.45) is 10.5. The van der Waals surface area contributed by atoms with Gasteiger partial charge in [0.25, 0.3) is 0 Å². The van der Waals surface area contributed by atoms with Crippen LogP contribution in [0, 0.1) is 0 Å². The average molecular weight is 183 g/mol. The molecule has 0 aliphatic heterocycles. The summed E-state index contributed by atoms with van der Waals surface area (Å²) < 4.78 is 0. The third-order valence-electron chi connectivity index (χ3n) is 2.91. The van der Waals surface area contributed by atoms with Crippen LogP contribution in [0.5, 0.6) is 0 Å². The van der Waals surface area contributed by atoms with Gasteiger partial charge in [-0.05, 0) is 18.3 Å². The van der Waals surface area contributed by atoms with Gasteiger partial charge < -0.3 is 5.73 Å². The van der Waals surface area contributed by atoms with Gasteiger partial charge in [0.2, 0.25) is 0 Å². The molecular formula is C11H26BN. The first-order valence-electron chi connectivity index (χ1n) is 5.91. The average Bonchev–Trinajstić information content (AvgIpc) is 2.11. The van der Waals surface area contributed by atoms with Crippen molar-refractivity contribution in [2.75, 3.05) is 0 Å². The van der Waals surface area contributed by atoms with Crippen molar-refractivity contribution in [3.05, 3.63) is 0 Å². The van der Waals surface area contributed by atoms with Crippen LogP contribution in [0.4, 0.5) is 0 Å². The molecule has 0 aliphatic rings. The van der Waals surface area contributed by atoms with Gasteiger partial charge in [-0.1, -0.05) is 52.4 Å². The van der Waals surface area contributed by atoms with E-state index in [1.165, 1.54) is 44.9 Å². The smallest absolute Gasteiger partial charge is 0.127 e. The van der Waals surface area contributed by atoms with Gasteiger partial charge in [0.1, 0.15) is 7.85 Å². The maximum Gasteiger partial charge on any atom is 0.127 e. The maximum absolute atomic E-state index is 6.06. The number of nitrogens with two attached hydrogens (primary N) is 1. The zero-order valence-corrected chi connectivity index (χ0v) is 9.73. The molecule has 0 amide bonds. The van der Waals surface area contributed by atoms with Gasteiger partial charge in [-0.3, -0.25) is 0 Å². The Labute approximate surface area is 84.9 Å². The Kier molecular flexibility index (Phi) is 7.45. The molecule has 78 valence electrons. The molecule has 0 spiro atoms. The van der Waals surface area contributed by atoms with Crippen LogP contribution in [-0.2, 0) is 0 Å². The lowest BCUT2D eigenvalue weighted by atomic mass is 9.73. The number of hydrogen-bond acceptors (Lipinski definition) is 1. The van der Waals surface area contributed by atoms with Crippen molar-refractivity contribution in [2.45, 2.75) is 70.7 Å². The van der Waals surface area contributed by atoms with E-state index in [-0.39, 0.29) is 5.44 Å². The van der Waals surface area contributed by atoms with Crippen molar-refractivity contribution in [1.82, 2.24) is 0 Å². The Morgan fingerprint density at radius 1 is 1.00 bits per heavy atom. The molecule has 1 nitrogen and oxygen atoms in total. The quantitative estimate of drug-likeness (QED) is 0.454. The monoisotopic (exact) mass is 183 g/mol. The van der Waals surface area contributed by atoms with E-state index < -0.39 is 0 Å². The van der Waals surface area contributed by atoms with E-state index in [9.17, 15) is 0 Å². The highest BCUT2D eigenvalue weighted by Gasteiger charge is 2.13. The van der Waals surface area contributed by atoms with Gasteiger partial charge >= 0.3 is 0 Å². The second kappa shape index (κ2) is 7.43. The molecule has 0 bridgehead atoms. The van der Waals surface area contributed by atoms with Crippen LogP contribution in [0.1, 0.15) is 65.2 Å². The molecule has 0 aromatic heterocycles. The Bertz CT molecular complexity index is 113. The van der Waals surface area contributed by atoms with E-state index in [4.69, 9.17) is 5.73 Å². The second-order valence-corrected chi connectivity index (χ2v) is 4.53. The highest BCUT2D eigenvalue weighted by Crippen LogP contribution is 2.13. The predicted molar refractivity (Wildman–Crippen MR) is 63.7 cm³/mol. The molecule has 1 atom stereocenters.